The summed E-state index contributed by atoms with van der Waals surface area (Å²) in [6.45, 7) is 0.307. The van der Waals surface area contributed by atoms with E-state index in [0.717, 1.165) is 10.5 Å². The lowest BCUT2D eigenvalue weighted by atomic mass is 10.2. The van der Waals surface area contributed by atoms with Crippen molar-refractivity contribution in [2.24, 2.45) is 0 Å². The van der Waals surface area contributed by atoms with Crippen LogP contribution < -0.4 is 10.9 Å². The molecule has 26 heavy (non-hydrogen) atoms. The van der Waals surface area contributed by atoms with Gasteiger partial charge in [-0.3, -0.25) is 9.59 Å². The van der Waals surface area contributed by atoms with Gasteiger partial charge >= 0.3 is 0 Å². The van der Waals surface area contributed by atoms with Gasteiger partial charge in [-0.25, -0.2) is 0 Å². The number of pyridine rings is 1. The maximum absolute atomic E-state index is 12.5. The van der Waals surface area contributed by atoms with Crippen molar-refractivity contribution in [1.29, 1.82) is 0 Å². The lowest BCUT2D eigenvalue weighted by Gasteiger charge is -2.10. The molecular formula is C20H17ClN2O2S. The van der Waals surface area contributed by atoms with Gasteiger partial charge in [0.05, 0.1) is 12.1 Å². The molecule has 3 aromatic rings. The zero-order chi connectivity index (χ0) is 18.5. The molecule has 0 aliphatic rings. The lowest BCUT2D eigenvalue weighted by molar-refractivity contribution is 0.102. The van der Waals surface area contributed by atoms with Crippen molar-refractivity contribution in [2.75, 3.05) is 11.6 Å². The van der Waals surface area contributed by atoms with E-state index in [9.17, 15) is 9.59 Å². The number of nitrogens with one attached hydrogen (secondary N) is 1. The van der Waals surface area contributed by atoms with Gasteiger partial charge in [-0.15, -0.1) is 11.8 Å². The molecule has 0 fully saturated rings. The quantitative estimate of drug-likeness (QED) is 0.658. The summed E-state index contributed by atoms with van der Waals surface area (Å²) in [7, 11) is 0. The Bertz CT molecular complexity index is 1000. The number of rotatable bonds is 5. The lowest BCUT2D eigenvalue weighted by Crippen LogP contribution is -2.22. The maximum Gasteiger partial charge on any atom is 0.257 e. The molecule has 0 radical (unpaired) electrons. The Hall–Kier alpha value is -2.50. The molecule has 3 rings (SSSR count). The van der Waals surface area contributed by atoms with E-state index in [4.69, 9.17) is 11.6 Å². The minimum absolute atomic E-state index is 0.189. The summed E-state index contributed by atoms with van der Waals surface area (Å²) in [6.07, 6.45) is 3.53. The van der Waals surface area contributed by atoms with Gasteiger partial charge in [0.15, 0.2) is 0 Å². The number of nitrogens with zero attached hydrogens (tertiary/aromatic N) is 1. The number of thioether (sulfide) groups is 1. The van der Waals surface area contributed by atoms with Crippen LogP contribution in [-0.4, -0.2) is 16.7 Å². The molecule has 0 saturated heterocycles. The number of hydrogen-bond acceptors (Lipinski definition) is 3. The van der Waals surface area contributed by atoms with Crippen LogP contribution in [-0.2, 0) is 6.54 Å². The predicted molar refractivity (Wildman–Crippen MR) is 107 cm³/mol. The Balaban J connectivity index is 1.83. The van der Waals surface area contributed by atoms with Crippen LogP contribution in [0.25, 0.3) is 0 Å². The number of amides is 1. The fourth-order valence-electron chi connectivity index (χ4n) is 2.50. The fraction of sp³-hybridized carbons (Fsp3) is 0.100. The van der Waals surface area contributed by atoms with Gasteiger partial charge in [-0.1, -0.05) is 35.9 Å². The molecule has 0 unspecified atom stereocenters. The number of halogens is 1. The van der Waals surface area contributed by atoms with Crippen LogP contribution in [0.1, 0.15) is 15.9 Å². The van der Waals surface area contributed by atoms with Gasteiger partial charge in [0.2, 0.25) is 0 Å². The minimum Gasteiger partial charge on any atom is -0.322 e. The summed E-state index contributed by atoms with van der Waals surface area (Å²) >= 11 is 7.77. The number of hydrogen-bond donors (Lipinski definition) is 1. The van der Waals surface area contributed by atoms with Crippen molar-refractivity contribution in [3.05, 3.63) is 93.4 Å². The van der Waals surface area contributed by atoms with Crippen LogP contribution in [0.3, 0.4) is 0 Å². The van der Waals surface area contributed by atoms with Crippen molar-refractivity contribution < 1.29 is 4.79 Å². The second-order valence-corrected chi connectivity index (χ2v) is 6.95. The van der Waals surface area contributed by atoms with Crippen molar-refractivity contribution in [2.45, 2.75) is 11.4 Å². The Labute approximate surface area is 160 Å². The number of aromatic nitrogens is 1. The summed E-state index contributed by atoms with van der Waals surface area (Å²) in [5.74, 6) is -0.267. The average Bonchev–Trinajstić information content (AvgIpc) is 2.65. The molecule has 0 atom stereocenters. The third kappa shape index (κ3) is 4.36. The minimum atomic E-state index is -0.267. The molecule has 0 aliphatic carbocycles. The second-order valence-electron chi connectivity index (χ2n) is 5.66. The van der Waals surface area contributed by atoms with Gasteiger partial charge < -0.3 is 9.88 Å². The monoisotopic (exact) mass is 384 g/mol. The van der Waals surface area contributed by atoms with Crippen LogP contribution in [0.2, 0.25) is 5.02 Å². The van der Waals surface area contributed by atoms with E-state index in [1.54, 1.807) is 24.0 Å². The Morgan fingerprint density at radius 2 is 1.92 bits per heavy atom. The molecule has 1 aromatic heterocycles. The van der Waals surface area contributed by atoms with Crippen molar-refractivity contribution in [3.8, 4) is 0 Å². The smallest absolute Gasteiger partial charge is 0.257 e. The molecule has 0 aliphatic heterocycles. The Morgan fingerprint density at radius 1 is 1.12 bits per heavy atom. The largest absolute Gasteiger partial charge is 0.322 e. The molecule has 132 valence electrons. The van der Waals surface area contributed by atoms with Crippen LogP contribution >= 0.6 is 23.4 Å². The molecule has 0 saturated carbocycles. The summed E-state index contributed by atoms with van der Waals surface area (Å²) in [5, 5.41) is 3.45. The van der Waals surface area contributed by atoms with E-state index >= 15 is 0 Å². The normalized spacial score (nSPS) is 10.5. The first-order valence-electron chi connectivity index (χ1n) is 7.96. The van der Waals surface area contributed by atoms with Gasteiger partial charge in [-0.05, 0) is 42.2 Å². The van der Waals surface area contributed by atoms with Crippen LogP contribution in [0.4, 0.5) is 5.69 Å². The van der Waals surface area contributed by atoms with Gasteiger partial charge in [-0.2, -0.15) is 0 Å². The van der Waals surface area contributed by atoms with Crippen LogP contribution in [0.15, 0.2) is 76.6 Å². The molecule has 1 N–H and O–H groups in total. The first kappa shape index (κ1) is 18.3. The standard InChI is InChI=1S/C20H17ClN2O2S/c1-26-17-7-4-6-16(11-17)22-20(25)15-9-10-19(24)23(13-15)12-14-5-2-3-8-18(14)21/h2-11,13H,12H2,1H3,(H,22,25). The van der Waals surface area contributed by atoms with E-state index in [-0.39, 0.29) is 11.5 Å². The fourth-order valence-corrected chi connectivity index (χ4v) is 3.16. The van der Waals surface area contributed by atoms with Gasteiger partial charge in [0.1, 0.15) is 0 Å². The highest BCUT2D eigenvalue weighted by atomic mass is 35.5. The van der Waals surface area contributed by atoms with Gasteiger partial charge in [0, 0.05) is 27.9 Å². The maximum atomic E-state index is 12.5. The first-order valence-corrected chi connectivity index (χ1v) is 9.56. The predicted octanol–water partition coefficient (Wildman–Crippen LogP) is 4.52. The first-order chi connectivity index (χ1) is 12.6. The number of benzene rings is 2. The van der Waals surface area contributed by atoms with Crippen molar-refractivity contribution >= 4 is 35.0 Å². The molecule has 1 heterocycles. The highest BCUT2D eigenvalue weighted by Crippen LogP contribution is 2.20. The van der Waals surface area contributed by atoms with E-state index in [1.165, 1.54) is 16.7 Å². The Kier molecular flexibility index (Phi) is 5.81. The van der Waals surface area contributed by atoms with E-state index in [0.29, 0.717) is 22.8 Å². The van der Waals surface area contributed by atoms with Crippen LogP contribution in [0, 0.1) is 0 Å². The zero-order valence-electron chi connectivity index (χ0n) is 14.1. The molecule has 4 nitrogen and oxygen atoms in total. The summed E-state index contributed by atoms with van der Waals surface area (Å²) in [6, 6.07) is 17.8. The SMILES string of the molecule is CSc1cccc(NC(=O)c2ccc(=O)n(Cc3ccccc3Cl)c2)c1. The zero-order valence-corrected chi connectivity index (χ0v) is 15.7. The molecule has 2 aromatic carbocycles. The third-order valence-corrected chi connectivity index (χ3v) is 4.97. The van der Waals surface area contributed by atoms with E-state index < -0.39 is 0 Å². The molecular weight excluding hydrogens is 368 g/mol. The summed E-state index contributed by atoms with van der Waals surface area (Å²) < 4.78 is 1.48. The highest BCUT2D eigenvalue weighted by Gasteiger charge is 2.10. The number of carbonyl (C=O) groups is 1. The molecule has 0 spiro atoms. The van der Waals surface area contributed by atoms with E-state index in [2.05, 4.69) is 5.32 Å². The van der Waals surface area contributed by atoms with Crippen molar-refractivity contribution in [1.82, 2.24) is 4.57 Å². The molecule has 1 amide bonds. The molecule has 0 bridgehead atoms. The van der Waals surface area contributed by atoms with Crippen molar-refractivity contribution in [3.63, 3.8) is 0 Å². The van der Waals surface area contributed by atoms with E-state index in [1.807, 2.05) is 48.7 Å². The number of anilines is 1. The topological polar surface area (TPSA) is 51.1 Å². The number of carbonyl (C=O) groups excluding carboxylic acids is 1. The third-order valence-electron chi connectivity index (χ3n) is 3.87. The Morgan fingerprint density at radius 3 is 2.69 bits per heavy atom. The van der Waals surface area contributed by atoms with Crippen LogP contribution in [0.5, 0.6) is 0 Å². The average molecular weight is 385 g/mol. The summed E-state index contributed by atoms with van der Waals surface area (Å²) in [4.78, 5) is 25.7. The van der Waals surface area contributed by atoms with Gasteiger partial charge in [0.25, 0.3) is 11.5 Å². The summed E-state index contributed by atoms with van der Waals surface area (Å²) in [5.41, 5.74) is 1.75. The highest BCUT2D eigenvalue weighted by molar-refractivity contribution is 7.98. The molecule has 6 heteroatoms. The second kappa shape index (κ2) is 8.25.